The van der Waals surface area contributed by atoms with Gasteiger partial charge >= 0.3 is 0 Å². The first kappa shape index (κ1) is 12.6. The largest absolute Gasteiger partial charge is 0.383 e. The van der Waals surface area contributed by atoms with E-state index < -0.39 is 0 Å². The zero-order valence-corrected chi connectivity index (χ0v) is 12.8. The van der Waals surface area contributed by atoms with Gasteiger partial charge in [-0.25, -0.2) is 9.97 Å². The van der Waals surface area contributed by atoms with Crippen molar-refractivity contribution >= 4 is 44.0 Å². The quantitative estimate of drug-likeness (QED) is 0.762. The van der Waals surface area contributed by atoms with E-state index in [9.17, 15) is 0 Å². The molecule has 2 heterocycles. The maximum atomic E-state index is 6.06. The average Bonchev–Trinajstić information content (AvgIpc) is 2.87. The molecule has 0 atom stereocenters. The van der Waals surface area contributed by atoms with Crippen LogP contribution in [0.25, 0.3) is 21.6 Å². The van der Waals surface area contributed by atoms with Gasteiger partial charge in [-0.1, -0.05) is 22.9 Å². The lowest BCUT2D eigenvalue weighted by Crippen LogP contribution is -1.98. The Kier molecular flexibility index (Phi) is 3.24. The molecule has 0 saturated carbocycles. The SMILES string of the molecule is CCc1ccsc1-c1nc(N)c2cc(Br)ccc2n1. The number of aromatic nitrogens is 2. The molecule has 0 radical (unpaired) electrons. The Bertz CT molecular complexity index is 752. The van der Waals surface area contributed by atoms with Crippen molar-refractivity contribution in [1.82, 2.24) is 9.97 Å². The first-order valence-corrected chi connectivity index (χ1v) is 7.66. The highest BCUT2D eigenvalue weighted by atomic mass is 79.9. The lowest BCUT2D eigenvalue weighted by Gasteiger charge is -2.06. The van der Waals surface area contributed by atoms with Crippen LogP contribution in [0.3, 0.4) is 0 Å². The van der Waals surface area contributed by atoms with Crippen molar-refractivity contribution < 1.29 is 0 Å². The van der Waals surface area contributed by atoms with Crippen molar-refractivity contribution in [3.63, 3.8) is 0 Å². The van der Waals surface area contributed by atoms with Gasteiger partial charge in [-0.15, -0.1) is 11.3 Å². The monoisotopic (exact) mass is 333 g/mol. The summed E-state index contributed by atoms with van der Waals surface area (Å²) in [5, 5.41) is 2.95. The second-order valence-corrected chi connectivity index (χ2v) is 6.05. The van der Waals surface area contributed by atoms with Crippen molar-refractivity contribution in [3.05, 3.63) is 39.7 Å². The normalized spacial score (nSPS) is 11.1. The second-order valence-electron chi connectivity index (χ2n) is 4.22. The molecule has 0 aliphatic heterocycles. The van der Waals surface area contributed by atoms with E-state index in [1.165, 1.54) is 5.56 Å². The van der Waals surface area contributed by atoms with Gasteiger partial charge in [0.2, 0.25) is 0 Å². The van der Waals surface area contributed by atoms with Crippen molar-refractivity contribution in [2.24, 2.45) is 0 Å². The molecule has 2 aromatic heterocycles. The molecule has 3 nitrogen and oxygen atoms in total. The van der Waals surface area contributed by atoms with E-state index in [1.807, 2.05) is 18.2 Å². The van der Waals surface area contributed by atoms with Gasteiger partial charge in [0.15, 0.2) is 5.82 Å². The first-order valence-electron chi connectivity index (χ1n) is 5.98. The summed E-state index contributed by atoms with van der Waals surface area (Å²) in [5.74, 6) is 1.25. The van der Waals surface area contributed by atoms with Crippen LogP contribution in [0.2, 0.25) is 0 Å². The van der Waals surface area contributed by atoms with Crippen LogP contribution in [0.1, 0.15) is 12.5 Å². The molecule has 0 bridgehead atoms. The lowest BCUT2D eigenvalue weighted by molar-refractivity contribution is 1.14. The molecule has 3 rings (SSSR count). The number of nitrogen functional groups attached to an aromatic ring is 1. The standard InChI is InChI=1S/C14H12BrN3S/c1-2-8-5-6-19-12(8)14-17-11-4-3-9(15)7-10(11)13(16)18-14/h3-7H,2H2,1H3,(H2,16,17,18). The molecule has 5 heteroatoms. The molecule has 1 aromatic carbocycles. The summed E-state index contributed by atoms with van der Waals surface area (Å²) < 4.78 is 0.980. The Morgan fingerprint density at radius 1 is 1.26 bits per heavy atom. The number of hydrogen-bond acceptors (Lipinski definition) is 4. The highest BCUT2D eigenvalue weighted by Crippen LogP contribution is 2.30. The van der Waals surface area contributed by atoms with E-state index in [0.29, 0.717) is 5.82 Å². The van der Waals surface area contributed by atoms with Gasteiger partial charge in [-0.2, -0.15) is 0 Å². The molecule has 96 valence electrons. The average molecular weight is 334 g/mol. The number of fused-ring (bicyclic) bond motifs is 1. The first-order chi connectivity index (χ1) is 9.19. The van der Waals surface area contributed by atoms with Crippen LogP contribution in [0.4, 0.5) is 5.82 Å². The predicted octanol–water partition coefficient (Wildman–Crippen LogP) is 4.27. The summed E-state index contributed by atoms with van der Waals surface area (Å²) in [7, 11) is 0. The third-order valence-electron chi connectivity index (χ3n) is 3.02. The van der Waals surface area contributed by atoms with Gasteiger partial charge in [0, 0.05) is 9.86 Å². The summed E-state index contributed by atoms with van der Waals surface area (Å²) in [6, 6.07) is 7.99. The maximum absolute atomic E-state index is 6.06. The van der Waals surface area contributed by atoms with E-state index in [4.69, 9.17) is 5.73 Å². The molecule has 19 heavy (non-hydrogen) atoms. The van der Waals surface area contributed by atoms with E-state index in [1.54, 1.807) is 11.3 Å². The Hall–Kier alpha value is -1.46. The molecule has 2 N–H and O–H groups in total. The number of halogens is 1. The minimum atomic E-state index is 0.525. The van der Waals surface area contributed by atoms with Gasteiger partial charge < -0.3 is 5.73 Å². The van der Waals surface area contributed by atoms with Gasteiger partial charge in [-0.3, -0.25) is 0 Å². The van der Waals surface area contributed by atoms with Crippen molar-refractivity contribution in [3.8, 4) is 10.7 Å². The minimum Gasteiger partial charge on any atom is -0.383 e. The molecule has 0 saturated heterocycles. The number of rotatable bonds is 2. The number of thiophene rings is 1. The van der Waals surface area contributed by atoms with E-state index in [-0.39, 0.29) is 0 Å². The van der Waals surface area contributed by atoms with Gasteiger partial charge in [-0.05, 0) is 41.6 Å². The highest BCUT2D eigenvalue weighted by molar-refractivity contribution is 9.10. The summed E-state index contributed by atoms with van der Waals surface area (Å²) in [4.78, 5) is 10.2. The molecule has 0 aliphatic carbocycles. The Labute approximate surface area is 123 Å². The fourth-order valence-electron chi connectivity index (χ4n) is 2.04. The van der Waals surface area contributed by atoms with Gasteiger partial charge in [0.25, 0.3) is 0 Å². The van der Waals surface area contributed by atoms with Crippen molar-refractivity contribution in [2.45, 2.75) is 13.3 Å². The van der Waals surface area contributed by atoms with Crippen LogP contribution >= 0.6 is 27.3 Å². The Balaban J connectivity index is 2.24. The minimum absolute atomic E-state index is 0.525. The Morgan fingerprint density at radius 3 is 2.89 bits per heavy atom. The zero-order valence-electron chi connectivity index (χ0n) is 10.4. The number of nitrogens with zero attached hydrogens (tertiary/aromatic N) is 2. The number of benzene rings is 1. The smallest absolute Gasteiger partial charge is 0.172 e. The number of aryl methyl sites for hydroxylation is 1. The third kappa shape index (κ3) is 2.24. The second kappa shape index (κ2) is 4.90. The summed E-state index contributed by atoms with van der Waals surface area (Å²) in [6.07, 6.45) is 0.973. The topological polar surface area (TPSA) is 51.8 Å². The van der Waals surface area contributed by atoms with Crippen molar-refractivity contribution in [1.29, 1.82) is 0 Å². The van der Waals surface area contributed by atoms with Crippen LogP contribution < -0.4 is 5.73 Å². The fraction of sp³-hybridized carbons (Fsp3) is 0.143. The maximum Gasteiger partial charge on any atom is 0.172 e. The predicted molar refractivity (Wildman–Crippen MR) is 84.3 cm³/mol. The number of hydrogen-bond donors (Lipinski definition) is 1. The molecule has 3 aromatic rings. The number of anilines is 1. The van der Waals surface area contributed by atoms with E-state index in [2.05, 4.69) is 44.3 Å². The molecular formula is C14H12BrN3S. The third-order valence-corrected chi connectivity index (χ3v) is 4.46. The molecule has 0 amide bonds. The number of nitrogens with two attached hydrogens (primary N) is 1. The molecule has 0 unspecified atom stereocenters. The zero-order chi connectivity index (χ0) is 13.4. The lowest BCUT2D eigenvalue weighted by atomic mass is 10.2. The van der Waals surface area contributed by atoms with Crippen molar-refractivity contribution in [2.75, 3.05) is 5.73 Å². The molecule has 0 fully saturated rings. The van der Waals surface area contributed by atoms with Crippen LogP contribution in [0, 0.1) is 0 Å². The summed E-state index contributed by atoms with van der Waals surface area (Å²) >= 11 is 5.10. The van der Waals surface area contributed by atoms with Gasteiger partial charge in [0.1, 0.15) is 5.82 Å². The van der Waals surface area contributed by atoms with Crippen LogP contribution in [0.15, 0.2) is 34.1 Å². The van der Waals surface area contributed by atoms with Crippen LogP contribution in [-0.2, 0) is 6.42 Å². The highest BCUT2D eigenvalue weighted by Gasteiger charge is 2.11. The van der Waals surface area contributed by atoms with E-state index in [0.717, 1.165) is 32.5 Å². The molecule has 0 spiro atoms. The van der Waals surface area contributed by atoms with Crippen LogP contribution in [-0.4, -0.2) is 9.97 Å². The Morgan fingerprint density at radius 2 is 2.11 bits per heavy atom. The van der Waals surface area contributed by atoms with Gasteiger partial charge in [0.05, 0.1) is 10.4 Å². The van der Waals surface area contributed by atoms with Crippen LogP contribution in [0.5, 0.6) is 0 Å². The summed E-state index contributed by atoms with van der Waals surface area (Å²) in [6.45, 7) is 2.13. The fourth-order valence-corrected chi connectivity index (χ4v) is 3.33. The summed E-state index contributed by atoms with van der Waals surface area (Å²) in [5.41, 5.74) is 8.20. The van der Waals surface area contributed by atoms with E-state index >= 15 is 0 Å². The molecular weight excluding hydrogens is 322 g/mol. The molecule has 0 aliphatic rings.